The summed E-state index contributed by atoms with van der Waals surface area (Å²) in [6.45, 7) is 0.125. The fourth-order valence-corrected chi connectivity index (χ4v) is 4.57. The summed E-state index contributed by atoms with van der Waals surface area (Å²) in [5.41, 5.74) is 3.97. The molecule has 0 spiro atoms. The van der Waals surface area contributed by atoms with Gasteiger partial charge in [0, 0.05) is 28.2 Å². The summed E-state index contributed by atoms with van der Waals surface area (Å²) in [6.07, 6.45) is 5.36. The van der Waals surface area contributed by atoms with Gasteiger partial charge in [0.25, 0.3) is 5.91 Å². The van der Waals surface area contributed by atoms with Crippen LogP contribution in [0.1, 0.15) is 46.3 Å². The van der Waals surface area contributed by atoms with Crippen LogP contribution in [0.5, 0.6) is 0 Å². The number of aliphatic carboxylic acids is 1. The van der Waals surface area contributed by atoms with E-state index < -0.39 is 5.97 Å². The molecule has 3 unspecified atom stereocenters. The molecule has 2 aliphatic rings. The maximum absolute atomic E-state index is 12.4. The molecule has 0 fully saturated rings. The van der Waals surface area contributed by atoms with Gasteiger partial charge < -0.3 is 15.7 Å². The average Bonchev–Trinajstić information content (AvgIpc) is 3.16. The van der Waals surface area contributed by atoms with Crippen LogP contribution in [0.3, 0.4) is 0 Å². The Kier molecular flexibility index (Phi) is 5.22. The van der Waals surface area contributed by atoms with Crippen LogP contribution >= 0.6 is 15.9 Å². The Labute approximate surface area is 172 Å². The average molecular weight is 441 g/mol. The SMILES string of the molecule is O=C(O)CCNC(=O)c1ccc2c(c1)C1C=CCC1C(c1cccc(Br)c1)N2. The number of carboxylic acid groups (broad SMARTS) is 1. The zero-order valence-corrected chi connectivity index (χ0v) is 16.8. The molecule has 5 nitrogen and oxygen atoms in total. The van der Waals surface area contributed by atoms with Gasteiger partial charge in [-0.3, -0.25) is 9.59 Å². The van der Waals surface area contributed by atoms with Crippen molar-refractivity contribution in [2.24, 2.45) is 5.92 Å². The molecule has 28 heavy (non-hydrogen) atoms. The smallest absolute Gasteiger partial charge is 0.305 e. The number of allylic oxidation sites excluding steroid dienone is 2. The van der Waals surface area contributed by atoms with Crippen LogP contribution < -0.4 is 10.6 Å². The normalized spacial score (nSPS) is 22.1. The van der Waals surface area contributed by atoms with Crippen LogP contribution in [0.4, 0.5) is 5.69 Å². The second-order valence-electron chi connectivity index (χ2n) is 7.23. The first-order valence-corrected chi connectivity index (χ1v) is 10.1. The minimum atomic E-state index is -0.924. The molecule has 1 aliphatic carbocycles. The molecule has 0 bridgehead atoms. The number of nitrogens with one attached hydrogen (secondary N) is 2. The Hall–Kier alpha value is -2.60. The van der Waals surface area contributed by atoms with E-state index in [-0.39, 0.29) is 30.8 Å². The molecule has 3 atom stereocenters. The molecule has 0 radical (unpaired) electrons. The molecule has 0 saturated heterocycles. The number of fused-ring (bicyclic) bond motifs is 3. The zero-order chi connectivity index (χ0) is 19.7. The summed E-state index contributed by atoms with van der Waals surface area (Å²) in [7, 11) is 0. The predicted octanol–water partition coefficient (Wildman–Crippen LogP) is 4.48. The Bertz CT molecular complexity index is 957. The third kappa shape index (κ3) is 3.69. The standard InChI is InChI=1S/C22H21BrN2O3/c23-15-4-1-3-13(11-15)21-17-6-2-5-16(17)18-12-14(7-8-19(18)25-21)22(28)24-10-9-20(26)27/h1-5,7-8,11-12,16-17,21,25H,6,9-10H2,(H,24,28)(H,26,27). The molecule has 1 aliphatic heterocycles. The van der Waals surface area contributed by atoms with E-state index in [0.717, 1.165) is 22.1 Å². The van der Waals surface area contributed by atoms with Crippen molar-refractivity contribution in [3.63, 3.8) is 0 Å². The van der Waals surface area contributed by atoms with E-state index in [1.807, 2.05) is 18.2 Å². The molecule has 0 saturated carbocycles. The van der Waals surface area contributed by atoms with Crippen molar-refractivity contribution in [2.75, 3.05) is 11.9 Å². The third-order valence-corrected chi connectivity index (χ3v) is 5.95. The van der Waals surface area contributed by atoms with Crippen molar-refractivity contribution in [3.05, 3.63) is 75.8 Å². The molecule has 2 aromatic carbocycles. The van der Waals surface area contributed by atoms with Gasteiger partial charge >= 0.3 is 5.97 Å². The van der Waals surface area contributed by atoms with Crippen molar-refractivity contribution >= 4 is 33.5 Å². The summed E-state index contributed by atoms with van der Waals surface area (Å²) in [5, 5.41) is 15.1. The first-order valence-electron chi connectivity index (χ1n) is 9.35. The van der Waals surface area contributed by atoms with Crippen LogP contribution in [-0.4, -0.2) is 23.5 Å². The zero-order valence-electron chi connectivity index (χ0n) is 15.2. The number of hydrogen-bond donors (Lipinski definition) is 3. The Morgan fingerprint density at radius 3 is 2.86 bits per heavy atom. The number of halogens is 1. The largest absolute Gasteiger partial charge is 0.481 e. The number of hydrogen-bond acceptors (Lipinski definition) is 3. The molecular weight excluding hydrogens is 420 g/mol. The van der Waals surface area contributed by atoms with E-state index in [9.17, 15) is 9.59 Å². The maximum Gasteiger partial charge on any atom is 0.305 e. The second-order valence-corrected chi connectivity index (χ2v) is 8.15. The molecule has 4 rings (SSSR count). The molecule has 6 heteroatoms. The third-order valence-electron chi connectivity index (χ3n) is 5.46. The van der Waals surface area contributed by atoms with Gasteiger partial charge in [-0.05, 0) is 53.8 Å². The Morgan fingerprint density at radius 2 is 2.07 bits per heavy atom. The number of anilines is 1. The molecule has 0 aromatic heterocycles. The van der Waals surface area contributed by atoms with Gasteiger partial charge in [0.2, 0.25) is 0 Å². The summed E-state index contributed by atoms with van der Waals surface area (Å²) < 4.78 is 1.06. The predicted molar refractivity (Wildman–Crippen MR) is 112 cm³/mol. The van der Waals surface area contributed by atoms with E-state index in [0.29, 0.717) is 11.5 Å². The lowest BCUT2D eigenvalue weighted by Crippen LogP contribution is -2.30. The van der Waals surface area contributed by atoms with E-state index in [1.165, 1.54) is 5.56 Å². The molecule has 144 valence electrons. The summed E-state index contributed by atoms with van der Waals surface area (Å²) in [5.74, 6) is -0.511. The maximum atomic E-state index is 12.4. The number of benzene rings is 2. The highest BCUT2D eigenvalue weighted by atomic mass is 79.9. The Balaban J connectivity index is 1.60. The fourth-order valence-electron chi connectivity index (χ4n) is 4.15. The lowest BCUT2D eigenvalue weighted by Gasteiger charge is -2.37. The number of carbonyl (C=O) groups excluding carboxylic acids is 1. The monoisotopic (exact) mass is 440 g/mol. The highest BCUT2D eigenvalue weighted by Gasteiger charge is 2.38. The van der Waals surface area contributed by atoms with Crippen LogP contribution in [-0.2, 0) is 4.79 Å². The van der Waals surface area contributed by atoms with Gasteiger partial charge in [-0.15, -0.1) is 0 Å². The van der Waals surface area contributed by atoms with Gasteiger partial charge in [-0.25, -0.2) is 0 Å². The van der Waals surface area contributed by atoms with Crippen molar-refractivity contribution in [2.45, 2.75) is 24.8 Å². The van der Waals surface area contributed by atoms with Gasteiger partial charge in [0.05, 0.1) is 12.5 Å². The van der Waals surface area contributed by atoms with Gasteiger partial charge in [-0.1, -0.05) is 40.2 Å². The molecule has 1 amide bonds. The lowest BCUT2D eigenvalue weighted by atomic mass is 9.76. The first kappa shape index (κ1) is 18.7. The van der Waals surface area contributed by atoms with Gasteiger partial charge in [0.15, 0.2) is 0 Å². The number of carboxylic acids is 1. The van der Waals surface area contributed by atoms with E-state index in [2.05, 4.69) is 56.9 Å². The summed E-state index contributed by atoms with van der Waals surface area (Å²) in [6, 6.07) is 14.3. The van der Waals surface area contributed by atoms with E-state index in [1.54, 1.807) is 6.07 Å². The van der Waals surface area contributed by atoms with Crippen molar-refractivity contribution < 1.29 is 14.7 Å². The van der Waals surface area contributed by atoms with E-state index in [4.69, 9.17) is 5.11 Å². The van der Waals surface area contributed by atoms with Crippen molar-refractivity contribution in [3.8, 4) is 0 Å². The highest BCUT2D eigenvalue weighted by Crippen LogP contribution is 2.50. The van der Waals surface area contributed by atoms with Crippen molar-refractivity contribution in [1.82, 2.24) is 5.32 Å². The van der Waals surface area contributed by atoms with Crippen molar-refractivity contribution in [1.29, 1.82) is 0 Å². The molecule has 3 N–H and O–H groups in total. The molecule has 2 aromatic rings. The Morgan fingerprint density at radius 1 is 1.21 bits per heavy atom. The molecule has 1 heterocycles. The van der Waals surface area contributed by atoms with Crippen LogP contribution in [0, 0.1) is 5.92 Å². The fraction of sp³-hybridized carbons (Fsp3) is 0.273. The minimum Gasteiger partial charge on any atom is -0.481 e. The summed E-state index contributed by atoms with van der Waals surface area (Å²) in [4.78, 5) is 23.0. The summed E-state index contributed by atoms with van der Waals surface area (Å²) >= 11 is 3.56. The van der Waals surface area contributed by atoms with Gasteiger partial charge in [-0.2, -0.15) is 0 Å². The van der Waals surface area contributed by atoms with E-state index >= 15 is 0 Å². The quantitative estimate of drug-likeness (QED) is 0.598. The lowest BCUT2D eigenvalue weighted by molar-refractivity contribution is -0.136. The minimum absolute atomic E-state index is 0.0833. The van der Waals surface area contributed by atoms with Gasteiger partial charge in [0.1, 0.15) is 0 Å². The topological polar surface area (TPSA) is 78.4 Å². The first-order chi connectivity index (χ1) is 13.5. The number of amides is 1. The number of carbonyl (C=O) groups is 2. The van der Waals surface area contributed by atoms with Crippen LogP contribution in [0.15, 0.2) is 59.1 Å². The highest BCUT2D eigenvalue weighted by molar-refractivity contribution is 9.10. The number of rotatable bonds is 5. The second kappa shape index (κ2) is 7.80. The van der Waals surface area contributed by atoms with Crippen LogP contribution in [0.2, 0.25) is 0 Å². The van der Waals surface area contributed by atoms with Crippen LogP contribution in [0.25, 0.3) is 0 Å². The molecular formula is C22H21BrN2O3.